The average Bonchev–Trinajstić information content (AvgIpc) is 3.15. The summed E-state index contributed by atoms with van der Waals surface area (Å²) in [6, 6.07) is 8.08. The lowest BCUT2D eigenvalue weighted by molar-refractivity contribution is 0.240. The molecule has 110 valence electrons. The van der Waals surface area contributed by atoms with Crippen LogP contribution in [0.15, 0.2) is 28.8 Å². The molecule has 0 spiro atoms. The van der Waals surface area contributed by atoms with Crippen LogP contribution in [0.4, 0.5) is 0 Å². The fourth-order valence-electron chi connectivity index (χ4n) is 3.19. The van der Waals surface area contributed by atoms with Crippen molar-refractivity contribution in [2.45, 2.75) is 31.1 Å². The summed E-state index contributed by atoms with van der Waals surface area (Å²) >= 11 is 0. The molecule has 0 aliphatic carbocycles. The summed E-state index contributed by atoms with van der Waals surface area (Å²) in [4.78, 5) is 4.70. The summed E-state index contributed by atoms with van der Waals surface area (Å²) in [5.41, 5.74) is 1.15. The van der Waals surface area contributed by atoms with E-state index in [1.807, 2.05) is 18.2 Å². The molecule has 0 bridgehead atoms. The molecule has 3 heterocycles. The van der Waals surface area contributed by atoms with Crippen molar-refractivity contribution in [1.82, 2.24) is 15.5 Å². The largest absolute Gasteiger partial charge is 0.492 e. The van der Waals surface area contributed by atoms with E-state index >= 15 is 0 Å². The van der Waals surface area contributed by atoms with E-state index in [2.05, 4.69) is 23.5 Å². The number of para-hydroxylation sites is 1. The molecule has 0 saturated carbocycles. The van der Waals surface area contributed by atoms with Crippen LogP contribution in [-0.4, -0.2) is 29.8 Å². The summed E-state index contributed by atoms with van der Waals surface area (Å²) in [5.74, 6) is 2.53. The lowest BCUT2D eigenvalue weighted by Crippen LogP contribution is -2.37. The zero-order valence-electron chi connectivity index (χ0n) is 12.1. The zero-order chi connectivity index (χ0) is 14.3. The molecule has 5 heteroatoms. The van der Waals surface area contributed by atoms with Crippen LogP contribution in [0.5, 0.6) is 5.75 Å². The second kappa shape index (κ2) is 4.84. The fraction of sp³-hybridized carbons (Fsp3) is 0.500. The second-order valence-electron chi connectivity index (χ2n) is 6.17. The number of hydrogen-bond acceptors (Lipinski definition) is 5. The quantitative estimate of drug-likeness (QED) is 0.917. The van der Waals surface area contributed by atoms with Gasteiger partial charge in [0.05, 0.1) is 5.92 Å². The molecule has 1 N–H and O–H groups in total. The predicted octanol–water partition coefficient (Wildman–Crippen LogP) is 2.24. The van der Waals surface area contributed by atoms with Gasteiger partial charge in [-0.2, -0.15) is 4.98 Å². The number of nitrogens with zero attached hydrogens (tertiary/aromatic N) is 2. The molecule has 1 atom stereocenters. The summed E-state index contributed by atoms with van der Waals surface area (Å²) in [6.45, 7) is 4.81. The Labute approximate surface area is 123 Å². The van der Waals surface area contributed by atoms with E-state index < -0.39 is 0 Å². The van der Waals surface area contributed by atoms with Crippen LogP contribution in [0.3, 0.4) is 0 Å². The molecule has 0 radical (unpaired) electrons. The second-order valence-corrected chi connectivity index (χ2v) is 6.17. The number of hydrogen-bond donors (Lipinski definition) is 1. The number of benzene rings is 1. The van der Waals surface area contributed by atoms with Gasteiger partial charge in [0.25, 0.3) is 0 Å². The number of nitrogens with one attached hydrogen (secondary N) is 1. The maximum Gasteiger partial charge on any atom is 0.232 e. The van der Waals surface area contributed by atoms with E-state index in [4.69, 9.17) is 14.2 Å². The first-order valence-corrected chi connectivity index (χ1v) is 7.53. The van der Waals surface area contributed by atoms with Gasteiger partial charge in [-0.05, 0) is 32.0 Å². The maximum absolute atomic E-state index is 5.71. The van der Waals surface area contributed by atoms with Gasteiger partial charge < -0.3 is 14.6 Å². The predicted molar refractivity (Wildman–Crippen MR) is 77.5 cm³/mol. The zero-order valence-corrected chi connectivity index (χ0v) is 12.1. The molecule has 2 aliphatic rings. The van der Waals surface area contributed by atoms with Crippen molar-refractivity contribution < 1.29 is 9.26 Å². The molecule has 2 aromatic rings. The Morgan fingerprint density at radius 1 is 1.24 bits per heavy atom. The summed E-state index contributed by atoms with van der Waals surface area (Å²) in [6.07, 6.45) is 2.07. The third-order valence-corrected chi connectivity index (χ3v) is 4.68. The molecule has 0 amide bonds. The Morgan fingerprint density at radius 3 is 2.90 bits per heavy atom. The van der Waals surface area contributed by atoms with E-state index in [0.717, 1.165) is 49.0 Å². The van der Waals surface area contributed by atoms with Gasteiger partial charge in [0.15, 0.2) is 5.82 Å². The lowest BCUT2D eigenvalue weighted by atomic mass is 9.81. The number of rotatable bonds is 2. The minimum Gasteiger partial charge on any atom is -0.492 e. The highest BCUT2D eigenvalue weighted by molar-refractivity contribution is 5.42. The normalized spacial score (nSPS) is 23.6. The van der Waals surface area contributed by atoms with E-state index in [0.29, 0.717) is 6.61 Å². The monoisotopic (exact) mass is 285 g/mol. The Bertz CT molecular complexity index is 646. The molecule has 1 unspecified atom stereocenters. The Morgan fingerprint density at radius 2 is 2.05 bits per heavy atom. The molecule has 1 saturated heterocycles. The van der Waals surface area contributed by atoms with E-state index in [1.165, 1.54) is 0 Å². The molecule has 5 nitrogen and oxygen atoms in total. The van der Waals surface area contributed by atoms with Crippen molar-refractivity contribution in [2.75, 3.05) is 19.7 Å². The van der Waals surface area contributed by atoms with Gasteiger partial charge in [-0.3, -0.25) is 0 Å². The smallest absolute Gasteiger partial charge is 0.232 e. The molecular weight excluding hydrogens is 266 g/mol. The molecule has 4 rings (SSSR count). The first-order valence-electron chi connectivity index (χ1n) is 7.53. The number of piperidine rings is 1. The van der Waals surface area contributed by atoms with E-state index in [9.17, 15) is 0 Å². The minimum absolute atomic E-state index is 0.00448. The van der Waals surface area contributed by atoms with Crippen LogP contribution in [-0.2, 0) is 5.41 Å². The van der Waals surface area contributed by atoms with Crippen LogP contribution in [0.1, 0.15) is 43.0 Å². The SMILES string of the molecule is CC1(c2nc(C3COc4ccccc43)no2)CCNCC1. The molecular formula is C16H19N3O2. The van der Waals surface area contributed by atoms with Gasteiger partial charge in [0, 0.05) is 11.0 Å². The summed E-state index contributed by atoms with van der Waals surface area (Å²) in [5, 5.41) is 7.61. The van der Waals surface area contributed by atoms with Gasteiger partial charge in [-0.1, -0.05) is 30.3 Å². The van der Waals surface area contributed by atoms with Crippen molar-refractivity contribution in [3.05, 3.63) is 41.5 Å². The maximum atomic E-state index is 5.71. The summed E-state index contributed by atoms with van der Waals surface area (Å²) in [7, 11) is 0. The standard InChI is InChI=1S/C16H19N3O2/c1-16(6-8-17-9-7-16)15-18-14(19-21-15)12-10-20-13-5-3-2-4-11(12)13/h2-5,12,17H,6-10H2,1H3. The number of aromatic nitrogens is 2. The van der Waals surface area contributed by atoms with Crippen LogP contribution in [0.25, 0.3) is 0 Å². The van der Waals surface area contributed by atoms with Gasteiger partial charge in [-0.15, -0.1) is 0 Å². The Hall–Kier alpha value is -1.88. The average molecular weight is 285 g/mol. The highest BCUT2D eigenvalue weighted by atomic mass is 16.5. The lowest BCUT2D eigenvalue weighted by Gasteiger charge is -2.30. The minimum atomic E-state index is -0.00448. The van der Waals surface area contributed by atoms with Crippen LogP contribution < -0.4 is 10.1 Å². The summed E-state index contributed by atoms with van der Waals surface area (Å²) < 4.78 is 11.3. The van der Waals surface area contributed by atoms with Crippen LogP contribution in [0, 0.1) is 0 Å². The molecule has 2 aliphatic heterocycles. The molecule has 1 fully saturated rings. The van der Waals surface area contributed by atoms with Crippen molar-refractivity contribution in [3.8, 4) is 5.75 Å². The molecule has 1 aromatic carbocycles. The fourth-order valence-corrected chi connectivity index (χ4v) is 3.19. The van der Waals surface area contributed by atoms with Crippen LogP contribution in [0.2, 0.25) is 0 Å². The van der Waals surface area contributed by atoms with Crippen molar-refractivity contribution in [1.29, 1.82) is 0 Å². The van der Waals surface area contributed by atoms with Gasteiger partial charge in [-0.25, -0.2) is 0 Å². The van der Waals surface area contributed by atoms with Gasteiger partial charge >= 0.3 is 0 Å². The highest BCUT2D eigenvalue weighted by Gasteiger charge is 2.36. The van der Waals surface area contributed by atoms with E-state index in [-0.39, 0.29) is 11.3 Å². The van der Waals surface area contributed by atoms with Gasteiger partial charge in [0.2, 0.25) is 5.89 Å². The Kier molecular flexibility index (Phi) is 2.96. The number of fused-ring (bicyclic) bond motifs is 1. The molecule has 1 aromatic heterocycles. The van der Waals surface area contributed by atoms with Crippen LogP contribution >= 0.6 is 0 Å². The topological polar surface area (TPSA) is 60.2 Å². The van der Waals surface area contributed by atoms with E-state index in [1.54, 1.807) is 0 Å². The number of ether oxygens (including phenoxy) is 1. The first kappa shape index (κ1) is 12.8. The highest BCUT2D eigenvalue weighted by Crippen LogP contribution is 2.38. The van der Waals surface area contributed by atoms with Crippen molar-refractivity contribution in [2.24, 2.45) is 0 Å². The molecule has 21 heavy (non-hydrogen) atoms. The first-order chi connectivity index (χ1) is 10.3. The Balaban J connectivity index is 1.64. The third kappa shape index (κ3) is 2.12. The third-order valence-electron chi connectivity index (χ3n) is 4.68. The van der Waals surface area contributed by atoms with Crippen molar-refractivity contribution in [3.63, 3.8) is 0 Å². The van der Waals surface area contributed by atoms with Crippen molar-refractivity contribution >= 4 is 0 Å². The van der Waals surface area contributed by atoms with Gasteiger partial charge in [0.1, 0.15) is 12.4 Å².